The average Bonchev–Trinajstić information content (AvgIpc) is 2.23. The first kappa shape index (κ1) is 13.5. The van der Waals surface area contributed by atoms with Gasteiger partial charge in [0.15, 0.2) is 5.25 Å². The van der Waals surface area contributed by atoms with E-state index in [1.54, 1.807) is 6.92 Å². The van der Waals surface area contributed by atoms with Gasteiger partial charge in [-0.15, -0.1) is 0 Å². The van der Waals surface area contributed by atoms with E-state index >= 15 is 0 Å². The van der Waals surface area contributed by atoms with Crippen LogP contribution in [0, 0.1) is 17.2 Å². The van der Waals surface area contributed by atoms with Crippen LogP contribution < -0.4 is 0 Å². The molecule has 0 bridgehead atoms. The van der Waals surface area contributed by atoms with Crippen LogP contribution in [0.3, 0.4) is 0 Å². The lowest BCUT2D eigenvalue weighted by molar-refractivity contribution is 0.201. The van der Waals surface area contributed by atoms with Gasteiger partial charge in [-0.25, -0.2) is 8.42 Å². The predicted octanol–water partition coefficient (Wildman–Crippen LogP) is 1.74. The van der Waals surface area contributed by atoms with Crippen LogP contribution >= 0.6 is 0 Å². The van der Waals surface area contributed by atoms with Crippen molar-refractivity contribution in [1.82, 2.24) is 4.31 Å². The molecule has 1 aliphatic heterocycles. The van der Waals surface area contributed by atoms with Gasteiger partial charge in [-0.1, -0.05) is 13.8 Å². The highest BCUT2D eigenvalue weighted by Gasteiger charge is 2.37. The van der Waals surface area contributed by atoms with Crippen LogP contribution in [0.4, 0.5) is 0 Å². The van der Waals surface area contributed by atoms with E-state index in [-0.39, 0.29) is 6.04 Å². The van der Waals surface area contributed by atoms with Gasteiger partial charge in [0, 0.05) is 12.6 Å². The largest absolute Gasteiger partial charge is 0.230 e. The number of nitriles is 1. The summed E-state index contributed by atoms with van der Waals surface area (Å²) in [5, 5.41) is 8.00. The smallest absolute Gasteiger partial charge is 0.211 e. The monoisotopic (exact) mass is 244 g/mol. The summed E-state index contributed by atoms with van der Waals surface area (Å²) in [5.41, 5.74) is 0. The summed E-state index contributed by atoms with van der Waals surface area (Å²) in [6.07, 6.45) is 2.32. The molecule has 1 heterocycles. The van der Waals surface area contributed by atoms with Crippen LogP contribution in [0.25, 0.3) is 0 Å². The third-order valence-corrected chi connectivity index (χ3v) is 5.84. The molecule has 16 heavy (non-hydrogen) atoms. The van der Waals surface area contributed by atoms with Gasteiger partial charge in [-0.3, -0.25) is 0 Å². The minimum Gasteiger partial charge on any atom is -0.211 e. The average molecular weight is 244 g/mol. The summed E-state index contributed by atoms with van der Waals surface area (Å²) in [6.45, 7) is 6.31. The lowest BCUT2D eigenvalue weighted by Gasteiger charge is -2.37. The van der Waals surface area contributed by atoms with Crippen LogP contribution in [0.15, 0.2) is 0 Å². The van der Waals surface area contributed by atoms with E-state index in [2.05, 4.69) is 6.92 Å². The molecule has 1 fully saturated rings. The molecule has 1 saturated heterocycles. The Morgan fingerprint density at radius 2 is 2.12 bits per heavy atom. The first-order valence-corrected chi connectivity index (χ1v) is 7.35. The van der Waals surface area contributed by atoms with Gasteiger partial charge >= 0.3 is 0 Å². The minimum absolute atomic E-state index is 0.0150. The highest BCUT2D eigenvalue weighted by molar-refractivity contribution is 7.90. The van der Waals surface area contributed by atoms with E-state index in [0.717, 1.165) is 12.8 Å². The first-order chi connectivity index (χ1) is 7.45. The Hall–Kier alpha value is -0.600. The zero-order valence-corrected chi connectivity index (χ0v) is 11.0. The first-order valence-electron chi connectivity index (χ1n) is 5.85. The topological polar surface area (TPSA) is 61.2 Å². The highest BCUT2D eigenvalue weighted by Crippen LogP contribution is 2.27. The van der Waals surface area contributed by atoms with Crippen molar-refractivity contribution in [1.29, 1.82) is 5.26 Å². The molecule has 0 aromatic carbocycles. The van der Waals surface area contributed by atoms with Gasteiger partial charge in [0.25, 0.3) is 0 Å². The van der Waals surface area contributed by atoms with Gasteiger partial charge in [0.2, 0.25) is 10.0 Å². The summed E-state index contributed by atoms with van der Waals surface area (Å²) in [5.74, 6) is 0.375. The maximum Gasteiger partial charge on any atom is 0.230 e. The molecular weight excluding hydrogens is 224 g/mol. The van der Waals surface area contributed by atoms with E-state index in [1.807, 2.05) is 13.0 Å². The molecule has 0 aliphatic carbocycles. The van der Waals surface area contributed by atoms with Crippen molar-refractivity contribution in [2.75, 3.05) is 6.54 Å². The van der Waals surface area contributed by atoms with Gasteiger partial charge in [-0.05, 0) is 32.1 Å². The summed E-state index contributed by atoms with van der Waals surface area (Å²) < 4.78 is 25.9. The molecule has 0 aromatic heterocycles. The fraction of sp³-hybridized carbons (Fsp3) is 0.909. The third-order valence-electron chi connectivity index (χ3n) is 3.52. The Bertz CT molecular complexity index is 372. The van der Waals surface area contributed by atoms with E-state index in [0.29, 0.717) is 18.9 Å². The fourth-order valence-corrected chi connectivity index (χ4v) is 4.12. The molecule has 0 aromatic rings. The van der Waals surface area contributed by atoms with Crippen LogP contribution in [-0.4, -0.2) is 30.6 Å². The van der Waals surface area contributed by atoms with Crippen molar-refractivity contribution in [3.63, 3.8) is 0 Å². The third kappa shape index (κ3) is 2.38. The summed E-state index contributed by atoms with van der Waals surface area (Å²) in [7, 11) is -3.43. The summed E-state index contributed by atoms with van der Waals surface area (Å²) >= 11 is 0. The lowest BCUT2D eigenvalue weighted by Crippen LogP contribution is -2.49. The van der Waals surface area contributed by atoms with Crippen molar-refractivity contribution in [3.05, 3.63) is 0 Å². The number of hydrogen-bond acceptors (Lipinski definition) is 3. The quantitative estimate of drug-likeness (QED) is 0.759. The number of piperidine rings is 1. The van der Waals surface area contributed by atoms with E-state index in [9.17, 15) is 8.42 Å². The van der Waals surface area contributed by atoms with Crippen molar-refractivity contribution < 1.29 is 8.42 Å². The van der Waals surface area contributed by atoms with Gasteiger partial charge in [-0.2, -0.15) is 9.57 Å². The van der Waals surface area contributed by atoms with Crippen molar-refractivity contribution in [2.24, 2.45) is 5.92 Å². The SMILES string of the molecule is CCC(C#N)S(=O)(=O)N1CCCC(C)C1C. The second-order valence-corrected chi connectivity index (χ2v) is 6.61. The van der Waals surface area contributed by atoms with Crippen molar-refractivity contribution in [3.8, 4) is 6.07 Å². The molecule has 3 atom stereocenters. The fourth-order valence-electron chi connectivity index (χ4n) is 2.19. The molecule has 0 amide bonds. The Morgan fingerprint density at radius 3 is 2.62 bits per heavy atom. The minimum atomic E-state index is -3.43. The van der Waals surface area contributed by atoms with Crippen molar-refractivity contribution in [2.45, 2.75) is 51.3 Å². The molecular formula is C11H20N2O2S. The molecule has 0 spiro atoms. The standard InChI is InChI=1S/C11H20N2O2S/c1-4-11(8-12)16(14,15)13-7-5-6-9(2)10(13)3/h9-11H,4-7H2,1-3H3. The Labute approximate surface area is 98.3 Å². The van der Waals surface area contributed by atoms with E-state index < -0.39 is 15.3 Å². The summed E-state index contributed by atoms with van der Waals surface area (Å²) in [6, 6.07) is 1.91. The molecule has 4 nitrogen and oxygen atoms in total. The Balaban J connectivity index is 2.95. The second kappa shape index (κ2) is 5.15. The normalized spacial score (nSPS) is 29.6. The van der Waals surface area contributed by atoms with E-state index in [1.165, 1.54) is 4.31 Å². The molecule has 0 N–H and O–H groups in total. The molecule has 0 saturated carbocycles. The Morgan fingerprint density at radius 1 is 1.50 bits per heavy atom. The van der Waals surface area contributed by atoms with Crippen LogP contribution in [0.2, 0.25) is 0 Å². The number of sulfonamides is 1. The molecule has 5 heteroatoms. The second-order valence-electron chi connectivity index (χ2n) is 4.54. The maximum absolute atomic E-state index is 12.2. The highest BCUT2D eigenvalue weighted by atomic mass is 32.2. The maximum atomic E-state index is 12.2. The van der Waals surface area contributed by atoms with Gasteiger partial charge in [0.1, 0.15) is 0 Å². The van der Waals surface area contributed by atoms with Crippen LogP contribution in [0.5, 0.6) is 0 Å². The zero-order chi connectivity index (χ0) is 12.3. The van der Waals surface area contributed by atoms with Crippen molar-refractivity contribution >= 4 is 10.0 Å². The number of rotatable bonds is 3. The molecule has 0 radical (unpaired) electrons. The number of nitrogens with zero attached hydrogens (tertiary/aromatic N) is 2. The Kier molecular flexibility index (Phi) is 4.34. The molecule has 1 aliphatic rings. The molecule has 3 unspecified atom stereocenters. The summed E-state index contributed by atoms with van der Waals surface area (Å²) in [4.78, 5) is 0. The van der Waals surface area contributed by atoms with E-state index in [4.69, 9.17) is 5.26 Å². The molecule has 1 rings (SSSR count). The molecule has 92 valence electrons. The predicted molar refractivity (Wildman–Crippen MR) is 63.2 cm³/mol. The van der Waals surface area contributed by atoms with Crippen LogP contribution in [0.1, 0.15) is 40.0 Å². The van der Waals surface area contributed by atoms with Crippen LogP contribution in [-0.2, 0) is 10.0 Å². The number of hydrogen-bond donors (Lipinski definition) is 0. The zero-order valence-electron chi connectivity index (χ0n) is 10.2. The van der Waals surface area contributed by atoms with Gasteiger partial charge < -0.3 is 0 Å². The van der Waals surface area contributed by atoms with Gasteiger partial charge in [0.05, 0.1) is 6.07 Å². The lowest BCUT2D eigenvalue weighted by atomic mass is 9.94.